The van der Waals surface area contributed by atoms with Gasteiger partial charge in [0.25, 0.3) is 5.91 Å². The molecule has 0 bridgehead atoms. The van der Waals surface area contributed by atoms with Gasteiger partial charge in [-0.25, -0.2) is 0 Å². The Balaban J connectivity index is 1.91. The van der Waals surface area contributed by atoms with Crippen LogP contribution in [0.2, 0.25) is 0 Å². The van der Waals surface area contributed by atoms with E-state index in [0.29, 0.717) is 5.69 Å². The van der Waals surface area contributed by atoms with Crippen LogP contribution >= 0.6 is 0 Å². The fraction of sp³-hybridized carbons (Fsp3) is 0.357. The van der Waals surface area contributed by atoms with Gasteiger partial charge >= 0.3 is 0 Å². The molecule has 0 radical (unpaired) electrons. The summed E-state index contributed by atoms with van der Waals surface area (Å²) in [6.45, 7) is 5.39. The number of carbonyl (C=O) groups is 1. The largest absolute Gasteiger partial charge is 0.351 e. The van der Waals surface area contributed by atoms with E-state index in [1.54, 1.807) is 0 Å². The number of hydrogen-bond donors (Lipinski definition) is 2. The molecule has 0 atom stereocenters. The Labute approximate surface area is 106 Å². The fourth-order valence-electron chi connectivity index (χ4n) is 2.41. The molecule has 18 heavy (non-hydrogen) atoms. The number of hydrogen-bond acceptors (Lipinski definition) is 2. The summed E-state index contributed by atoms with van der Waals surface area (Å²) >= 11 is 0. The van der Waals surface area contributed by atoms with Crippen molar-refractivity contribution in [3.05, 3.63) is 35.5 Å². The van der Waals surface area contributed by atoms with Crippen LogP contribution in [0.4, 0.5) is 0 Å². The summed E-state index contributed by atoms with van der Waals surface area (Å²) in [4.78, 5) is 17.4. The molecule has 4 nitrogen and oxygen atoms in total. The second kappa shape index (κ2) is 4.46. The maximum absolute atomic E-state index is 12.3. The number of nitrogens with zero attached hydrogens (tertiary/aromatic N) is 1. The second-order valence-electron chi connectivity index (χ2n) is 4.82. The summed E-state index contributed by atoms with van der Waals surface area (Å²) in [5, 5.41) is 4.36. The van der Waals surface area contributed by atoms with Crippen LogP contribution in [0.5, 0.6) is 0 Å². The number of benzene rings is 1. The molecule has 94 valence electrons. The molecule has 4 heteroatoms. The van der Waals surface area contributed by atoms with Crippen LogP contribution in [0.25, 0.3) is 10.9 Å². The minimum Gasteiger partial charge on any atom is -0.351 e. The first kappa shape index (κ1) is 11.3. The lowest BCUT2D eigenvalue weighted by Crippen LogP contribution is -2.46. The van der Waals surface area contributed by atoms with Gasteiger partial charge in [0.05, 0.1) is 0 Å². The van der Waals surface area contributed by atoms with Crippen molar-refractivity contribution in [2.24, 2.45) is 0 Å². The Morgan fingerprint density at radius 3 is 2.78 bits per heavy atom. The highest BCUT2D eigenvalue weighted by molar-refractivity contribution is 5.98. The van der Waals surface area contributed by atoms with Crippen LogP contribution in [0, 0.1) is 6.92 Å². The highest BCUT2D eigenvalue weighted by Crippen LogP contribution is 2.18. The third-order valence-corrected chi connectivity index (χ3v) is 3.41. The van der Waals surface area contributed by atoms with Crippen LogP contribution in [-0.4, -0.2) is 42.0 Å². The van der Waals surface area contributed by atoms with Crippen molar-refractivity contribution in [2.75, 3.05) is 26.2 Å². The highest BCUT2D eigenvalue weighted by Gasteiger charge is 2.19. The maximum Gasteiger partial charge on any atom is 0.270 e. The van der Waals surface area contributed by atoms with Crippen LogP contribution in [0.15, 0.2) is 24.3 Å². The van der Waals surface area contributed by atoms with Gasteiger partial charge in [-0.1, -0.05) is 11.6 Å². The van der Waals surface area contributed by atoms with E-state index >= 15 is 0 Å². The zero-order valence-corrected chi connectivity index (χ0v) is 10.5. The van der Waals surface area contributed by atoms with Crippen molar-refractivity contribution in [1.29, 1.82) is 0 Å². The van der Waals surface area contributed by atoms with Gasteiger partial charge in [0.15, 0.2) is 0 Å². The first-order chi connectivity index (χ1) is 8.74. The lowest BCUT2D eigenvalue weighted by Gasteiger charge is -2.26. The quantitative estimate of drug-likeness (QED) is 0.798. The summed E-state index contributed by atoms with van der Waals surface area (Å²) in [6, 6.07) is 8.13. The van der Waals surface area contributed by atoms with E-state index in [9.17, 15) is 4.79 Å². The lowest BCUT2D eigenvalue weighted by atomic mass is 10.2. The van der Waals surface area contributed by atoms with E-state index < -0.39 is 0 Å². The molecule has 2 heterocycles. The molecular weight excluding hydrogens is 226 g/mol. The molecule has 0 unspecified atom stereocenters. The summed E-state index contributed by atoms with van der Waals surface area (Å²) in [7, 11) is 0. The molecule has 1 saturated heterocycles. The molecule has 2 aromatic rings. The first-order valence-electron chi connectivity index (χ1n) is 6.33. The average Bonchev–Trinajstić information content (AvgIpc) is 2.81. The van der Waals surface area contributed by atoms with Crippen molar-refractivity contribution in [3.63, 3.8) is 0 Å². The van der Waals surface area contributed by atoms with Crippen LogP contribution in [0.1, 0.15) is 16.1 Å². The van der Waals surface area contributed by atoms with E-state index in [1.807, 2.05) is 17.0 Å². The molecule has 1 aliphatic rings. The number of H-pyrrole nitrogens is 1. The van der Waals surface area contributed by atoms with Gasteiger partial charge in [-0.15, -0.1) is 0 Å². The molecule has 2 N–H and O–H groups in total. The third-order valence-electron chi connectivity index (χ3n) is 3.41. The second-order valence-corrected chi connectivity index (χ2v) is 4.82. The molecule has 1 aromatic heterocycles. The number of fused-ring (bicyclic) bond motifs is 1. The molecule has 1 amide bonds. The van der Waals surface area contributed by atoms with Gasteiger partial charge in [-0.2, -0.15) is 0 Å². The van der Waals surface area contributed by atoms with Crippen molar-refractivity contribution in [1.82, 2.24) is 15.2 Å². The van der Waals surface area contributed by atoms with E-state index in [0.717, 1.165) is 37.1 Å². The van der Waals surface area contributed by atoms with Crippen molar-refractivity contribution >= 4 is 16.8 Å². The van der Waals surface area contributed by atoms with E-state index in [-0.39, 0.29) is 5.91 Å². The number of amides is 1. The topological polar surface area (TPSA) is 48.1 Å². The minimum atomic E-state index is 0.102. The molecule has 0 aliphatic carbocycles. The van der Waals surface area contributed by atoms with E-state index in [2.05, 4.69) is 29.4 Å². The van der Waals surface area contributed by atoms with Gasteiger partial charge in [-0.3, -0.25) is 4.79 Å². The number of piperazine rings is 1. The van der Waals surface area contributed by atoms with Crippen molar-refractivity contribution < 1.29 is 4.79 Å². The molecule has 1 aromatic carbocycles. The van der Waals surface area contributed by atoms with Crippen molar-refractivity contribution in [2.45, 2.75) is 6.92 Å². The summed E-state index contributed by atoms with van der Waals surface area (Å²) in [5.41, 5.74) is 2.93. The zero-order chi connectivity index (χ0) is 12.5. The SMILES string of the molecule is Cc1ccc2[nH]c(C(=O)N3CCNCC3)cc2c1. The van der Waals surface area contributed by atoms with E-state index in [4.69, 9.17) is 0 Å². The molecular formula is C14H17N3O. The number of nitrogens with one attached hydrogen (secondary N) is 2. The molecule has 3 rings (SSSR count). The minimum absolute atomic E-state index is 0.102. The lowest BCUT2D eigenvalue weighted by molar-refractivity contribution is 0.0731. The Hall–Kier alpha value is -1.81. The number of aromatic nitrogens is 1. The monoisotopic (exact) mass is 243 g/mol. The standard InChI is InChI=1S/C14H17N3O/c1-10-2-3-12-11(8-10)9-13(16-12)14(18)17-6-4-15-5-7-17/h2-3,8-9,15-16H,4-7H2,1H3. The Morgan fingerprint density at radius 2 is 2.00 bits per heavy atom. The molecule has 0 spiro atoms. The molecule has 1 fully saturated rings. The molecule has 1 aliphatic heterocycles. The maximum atomic E-state index is 12.3. The number of rotatable bonds is 1. The smallest absolute Gasteiger partial charge is 0.270 e. The van der Waals surface area contributed by atoms with Gasteiger partial charge in [0, 0.05) is 37.1 Å². The highest BCUT2D eigenvalue weighted by atomic mass is 16.2. The van der Waals surface area contributed by atoms with Gasteiger partial charge in [0.2, 0.25) is 0 Å². The fourth-order valence-corrected chi connectivity index (χ4v) is 2.41. The van der Waals surface area contributed by atoms with Crippen molar-refractivity contribution in [3.8, 4) is 0 Å². The summed E-state index contributed by atoms with van der Waals surface area (Å²) < 4.78 is 0. The predicted molar refractivity (Wildman–Crippen MR) is 71.8 cm³/mol. The van der Waals surface area contributed by atoms with Crippen LogP contribution < -0.4 is 5.32 Å². The van der Waals surface area contributed by atoms with Gasteiger partial charge in [-0.05, 0) is 25.1 Å². The number of aromatic amines is 1. The van der Waals surface area contributed by atoms with Crippen LogP contribution in [-0.2, 0) is 0 Å². The van der Waals surface area contributed by atoms with Crippen LogP contribution in [0.3, 0.4) is 0 Å². The zero-order valence-electron chi connectivity index (χ0n) is 10.5. The Kier molecular flexibility index (Phi) is 2.80. The van der Waals surface area contributed by atoms with E-state index in [1.165, 1.54) is 5.56 Å². The number of carbonyl (C=O) groups excluding carboxylic acids is 1. The first-order valence-corrected chi connectivity index (χ1v) is 6.33. The third kappa shape index (κ3) is 1.99. The summed E-state index contributed by atoms with van der Waals surface area (Å²) in [6.07, 6.45) is 0. The summed E-state index contributed by atoms with van der Waals surface area (Å²) in [5.74, 6) is 0.102. The van der Waals surface area contributed by atoms with Gasteiger partial charge in [0.1, 0.15) is 5.69 Å². The Bertz CT molecular complexity index is 582. The molecule has 0 saturated carbocycles. The average molecular weight is 243 g/mol. The predicted octanol–water partition coefficient (Wildman–Crippen LogP) is 1.52. The van der Waals surface area contributed by atoms with Gasteiger partial charge < -0.3 is 15.2 Å². The number of aryl methyl sites for hydroxylation is 1. The normalized spacial score (nSPS) is 16.2. The Morgan fingerprint density at radius 1 is 1.22 bits per heavy atom.